The molecule has 0 saturated carbocycles. The normalized spacial score (nSPS) is 20.2. The SMILES string of the molecule is CCOC(=O)c1csc(CC2CCCCO2)n1. The van der Waals surface area contributed by atoms with Gasteiger partial charge in [0.05, 0.1) is 17.7 Å². The number of hydrogen-bond donors (Lipinski definition) is 0. The van der Waals surface area contributed by atoms with E-state index in [-0.39, 0.29) is 12.1 Å². The Hall–Kier alpha value is -0.940. The van der Waals surface area contributed by atoms with Gasteiger partial charge >= 0.3 is 5.97 Å². The van der Waals surface area contributed by atoms with Gasteiger partial charge in [0.2, 0.25) is 0 Å². The molecule has 1 saturated heterocycles. The summed E-state index contributed by atoms with van der Waals surface area (Å²) in [6, 6.07) is 0. The van der Waals surface area contributed by atoms with E-state index in [2.05, 4.69) is 4.98 Å². The molecule has 1 aliphatic rings. The second-order valence-electron chi connectivity index (χ2n) is 4.04. The fourth-order valence-corrected chi connectivity index (χ4v) is 2.70. The number of aromatic nitrogens is 1. The maximum absolute atomic E-state index is 11.4. The molecule has 17 heavy (non-hydrogen) atoms. The van der Waals surface area contributed by atoms with Gasteiger partial charge in [-0.15, -0.1) is 11.3 Å². The largest absolute Gasteiger partial charge is 0.461 e. The Morgan fingerprint density at radius 1 is 1.65 bits per heavy atom. The van der Waals surface area contributed by atoms with E-state index in [1.807, 2.05) is 0 Å². The van der Waals surface area contributed by atoms with Gasteiger partial charge in [0.25, 0.3) is 0 Å². The summed E-state index contributed by atoms with van der Waals surface area (Å²) >= 11 is 1.51. The molecule has 0 spiro atoms. The first-order valence-corrected chi connectivity index (χ1v) is 6.90. The second-order valence-corrected chi connectivity index (χ2v) is 4.98. The summed E-state index contributed by atoms with van der Waals surface area (Å²) in [6.45, 7) is 3.03. The van der Waals surface area contributed by atoms with Crippen molar-refractivity contribution in [1.29, 1.82) is 0 Å². The van der Waals surface area contributed by atoms with Gasteiger partial charge in [0.1, 0.15) is 0 Å². The highest BCUT2D eigenvalue weighted by atomic mass is 32.1. The molecule has 0 aromatic carbocycles. The van der Waals surface area contributed by atoms with E-state index in [1.165, 1.54) is 17.8 Å². The molecule has 4 nitrogen and oxygen atoms in total. The molecule has 0 aliphatic carbocycles. The van der Waals surface area contributed by atoms with Crippen LogP contribution in [-0.4, -0.2) is 30.3 Å². The highest BCUT2D eigenvalue weighted by molar-refractivity contribution is 7.09. The van der Waals surface area contributed by atoms with Crippen LogP contribution in [0.3, 0.4) is 0 Å². The van der Waals surface area contributed by atoms with Crippen molar-refractivity contribution in [2.45, 2.75) is 38.7 Å². The minimum Gasteiger partial charge on any atom is -0.461 e. The maximum Gasteiger partial charge on any atom is 0.357 e. The molecule has 2 heterocycles. The van der Waals surface area contributed by atoms with E-state index < -0.39 is 0 Å². The lowest BCUT2D eigenvalue weighted by Gasteiger charge is -2.21. The van der Waals surface area contributed by atoms with E-state index in [0.29, 0.717) is 12.3 Å². The summed E-state index contributed by atoms with van der Waals surface area (Å²) in [5.74, 6) is -0.334. The molecular formula is C12H17NO3S. The third kappa shape index (κ3) is 3.51. The predicted molar refractivity (Wildman–Crippen MR) is 65.4 cm³/mol. The van der Waals surface area contributed by atoms with Crippen LogP contribution in [0, 0.1) is 0 Å². The van der Waals surface area contributed by atoms with Crippen LogP contribution >= 0.6 is 11.3 Å². The number of carbonyl (C=O) groups excluding carboxylic acids is 1. The van der Waals surface area contributed by atoms with Gasteiger partial charge in [0.15, 0.2) is 5.69 Å². The molecule has 5 heteroatoms. The topological polar surface area (TPSA) is 48.4 Å². The number of hydrogen-bond acceptors (Lipinski definition) is 5. The molecule has 1 aromatic rings. The summed E-state index contributed by atoms with van der Waals surface area (Å²) in [5, 5.41) is 2.72. The Morgan fingerprint density at radius 2 is 2.53 bits per heavy atom. The number of esters is 1. The molecule has 1 unspecified atom stereocenters. The lowest BCUT2D eigenvalue weighted by Crippen LogP contribution is -2.21. The van der Waals surface area contributed by atoms with Crippen LogP contribution in [0.2, 0.25) is 0 Å². The van der Waals surface area contributed by atoms with Gasteiger partial charge in [-0.05, 0) is 26.2 Å². The zero-order chi connectivity index (χ0) is 12.1. The van der Waals surface area contributed by atoms with Gasteiger partial charge in [-0.1, -0.05) is 0 Å². The van der Waals surface area contributed by atoms with Gasteiger partial charge in [-0.25, -0.2) is 9.78 Å². The molecule has 0 radical (unpaired) electrons. The fraction of sp³-hybridized carbons (Fsp3) is 0.667. The first-order chi connectivity index (χ1) is 8.29. The summed E-state index contributed by atoms with van der Waals surface area (Å²) in [5.41, 5.74) is 0.419. The van der Waals surface area contributed by atoms with Crippen LogP contribution < -0.4 is 0 Å². The van der Waals surface area contributed by atoms with Crippen molar-refractivity contribution in [2.24, 2.45) is 0 Å². The van der Waals surface area contributed by atoms with E-state index in [0.717, 1.165) is 30.9 Å². The zero-order valence-electron chi connectivity index (χ0n) is 9.98. The summed E-state index contributed by atoms with van der Waals surface area (Å²) in [7, 11) is 0. The van der Waals surface area contributed by atoms with Gasteiger partial charge in [-0.2, -0.15) is 0 Å². The van der Waals surface area contributed by atoms with Gasteiger partial charge < -0.3 is 9.47 Å². The Bertz CT molecular complexity index is 372. The number of thiazole rings is 1. The molecule has 1 atom stereocenters. The molecule has 1 fully saturated rings. The van der Waals surface area contributed by atoms with Crippen molar-refractivity contribution in [3.63, 3.8) is 0 Å². The van der Waals surface area contributed by atoms with Gasteiger partial charge in [0, 0.05) is 18.4 Å². The van der Waals surface area contributed by atoms with Crippen LogP contribution in [0.1, 0.15) is 41.7 Å². The minimum absolute atomic E-state index is 0.268. The third-order valence-corrected chi connectivity index (χ3v) is 3.58. The molecule has 0 bridgehead atoms. The smallest absolute Gasteiger partial charge is 0.357 e. The van der Waals surface area contributed by atoms with Crippen molar-refractivity contribution < 1.29 is 14.3 Å². The standard InChI is InChI=1S/C12H17NO3S/c1-2-15-12(14)10-8-17-11(13-10)7-9-5-3-4-6-16-9/h8-9H,2-7H2,1H3. The van der Waals surface area contributed by atoms with Crippen molar-refractivity contribution in [1.82, 2.24) is 4.98 Å². The molecule has 0 N–H and O–H groups in total. The highest BCUT2D eigenvalue weighted by Crippen LogP contribution is 2.19. The Morgan fingerprint density at radius 3 is 3.24 bits per heavy atom. The van der Waals surface area contributed by atoms with E-state index in [9.17, 15) is 4.79 Å². The fourth-order valence-electron chi connectivity index (χ4n) is 1.87. The van der Waals surface area contributed by atoms with Crippen LogP contribution in [0.15, 0.2) is 5.38 Å². The average molecular weight is 255 g/mol. The first kappa shape index (κ1) is 12.5. The highest BCUT2D eigenvalue weighted by Gasteiger charge is 2.18. The Kier molecular flexibility index (Phi) is 4.50. The predicted octanol–water partition coefficient (Wildman–Crippen LogP) is 2.43. The number of ether oxygens (including phenoxy) is 2. The van der Waals surface area contributed by atoms with Crippen LogP contribution in [0.5, 0.6) is 0 Å². The molecule has 94 valence electrons. The number of rotatable bonds is 4. The lowest BCUT2D eigenvalue weighted by molar-refractivity contribution is 0.0167. The zero-order valence-corrected chi connectivity index (χ0v) is 10.8. The van der Waals surface area contributed by atoms with E-state index in [1.54, 1.807) is 12.3 Å². The van der Waals surface area contributed by atoms with E-state index in [4.69, 9.17) is 9.47 Å². The summed E-state index contributed by atoms with van der Waals surface area (Å²) in [4.78, 5) is 15.7. The Balaban J connectivity index is 1.91. The van der Waals surface area contributed by atoms with Crippen LogP contribution in [0.4, 0.5) is 0 Å². The minimum atomic E-state index is -0.334. The summed E-state index contributed by atoms with van der Waals surface area (Å²) in [6.07, 6.45) is 4.55. The monoisotopic (exact) mass is 255 g/mol. The average Bonchev–Trinajstić information content (AvgIpc) is 2.79. The molecule has 2 rings (SSSR count). The van der Waals surface area contributed by atoms with Crippen molar-refractivity contribution in [3.05, 3.63) is 16.1 Å². The number of carbonyl (C=O) groups is 1. The van der Waals surface area contributed by atoms with Crippen molar-refractivity contribution >= 4 is 17.3 Å². The van der Waals surface area contributed by atoms with Gasteiger partial charge in [-0.3, -0.25) is 0 Å². The quantitative estimate of drug-likeness (QED) is 0.775. The van der Waals surface area contributed by atoms with Crippen LogP contribution in [-0.2, 0) is 15.9 Å². The third-order valence-electron chi connectivity index (χ3n) is 2.71. The molecular weight excluding hydrogens is 238 g/mol. The molecule has 1 aliphatic heterocycles. The second kappa shape index (κ2) is 6.12. The Labute approximate surface area is 105 Å². The lowest BCUT2D eigenvalue weighted by atomic mass is 10.1. The van der Waals surface area contributed by atoms with Crippen LogP contribution in [0.25, 0.3) is 0 Å². The van der Waals surface area contributed by atoms with Crippen molar-refractivity contribution in [3.8, 4) is 0 Å². The first-order valence-electron chi connectivity index (χ1n) is 6.02. The number of nitrogens with zero attached hydrogens (tertiary/aromatic N) is 1. The molecule has 0 amide bonds. The maximum atomic E-state index is 11.4. The van der Waals surface area contributed by atoms with Crippen molar-refractivity contribution in [2.75, 3.05) is 13.2 Å². The van der Waals surface area contributed by atoms with E-state index >= 15 is 0 Å². The molecule has 1 aromatic heterocycles. The summed E-state index contributed by atoms with van der Waals surface area (Å²) < 4.78 is 10.6.